The highest BCUT2D eigenvalue weighted by atomic mass is 28.4. The SMILES string of the molecule is CC(=O)Oc1cc(O)c2c(=O)c(-c3ccc(O[Si](C)(C)C(C)(C)C)cc3)coc2c1. The van der Waals surface area contributed by atoms with Gasteiger partial charge in [-0.1, -0.05) is 32.9 Å². The Bertz CT molecular complexity index is 1150. The molecule has 0 aliphatic carbocycles. The normalized spacial score (nSPS) is 12.1. The van der Waals surface area contributed by atoms with E-state index in [4.69, 9.17) is 13.6 Å². The largest absolute Gasteiger partial charge is 0.544 e. The Labute approximate surface area is 176 Å². The van der Waals surface area contributed by atoms with E-state index in [1.807, 2.05) is 12.1 Å². The summed E-state index contributed by atoms with van der Waals surface area (Å²) in [5.41, 5.74) is 0.729. The van der Waals surface area contributed by atoms with Crippen LogP contribution in [0.3, 0.4) is 0 Å². The van der Waals surface area contributed by atoms with Crippen molar-refractivity contribution in [2.75, 3.05) is 0 Å². The summed E-state index contributed by atoms with van der Waals surface area (Å²) in [6.45, 7) is 12.1. The third kappa shape index (κ3) is 4.26. The van der Waals surface area contributed by atoms with Gasteiger partial charge in [-0.2, -0.15) is 0 Å². The molecule has 0 unspecified atom stereocenters. The summed E-state index contributed by atoms with van der Waals surface area (Å²) in [5.74, 6) is 0.0184. The second-order valence-electron chi connectivity index (χ2n) is 8.77. The number of aromatic hydroxyl groups is 1. The second-order valence-corrected chi connectivity index (χ2v) is 13.5. The van der Waals surface area contributed by atoms with Crippen molar-refractivity contribution in [1.82, 2.24) is 0 Å². The van der Waals surface area contributed by atoms with Gasteiger partial charge in [-0.15, -0.1) is 0 Å². The molecule has 6 nitrogen and oxygen atoms in total. The van der Waals surface area contributed by atoms with E-state index in [-0.39, 0.29) is 32.9 Å². The molecule has 0 bridgehead atoms. The van der Waals surface area contributed by atoms with Gasteiger partial charge in [0.2, 0.25) is 13.7 Å². The number of benzene rings is 2. The van der Waals surface area contributed by atoms with Crippen LogP contribution in [-0.2, 0) is 4.79 Å². The van der Waals surface area contributed by atoms with E-state index < -0.39 is 14.3 Å². The molecule has 1 aromatic heterocycles. The first-order valence-electron chi connectivity index (χ1n) is 9.65. The Balaban J connectivity index is 1.97. The van der Waals surface area contributed by atoms with Gasteiger partial charge >= 0.3 is 5.97 Å². The molecule has 3 aromatic rings. The van der Waals surface area contributed by atoms with Gasteiger partial charge < -0.3 is 18.7 Å². The monoisotopic (exact) mass is 426 g/mol. The van der Waals surface area contributed by atoms with Crippen molar-refractivity contribution in [2.45, 2.75) is 45.8 Å². The van der Waals surface area contributed by atoms with Crippen LogP contribution < -0.4 is 14.6 Å². The number of phenolic OH excluding ortho intramolecular Hbond substituents is 1. The van der Waals surface area contributed by atoms with E-state index in [1.54, 1.807) is 12.1 Å². The van der Waals surface area contributed by atoms with Gasteiger partial charge in [0.25, 0.3) is 0 Å². The minimum Gasteiger partial charge on any atom is -0.544 e. The van der Waals surface area contributed by atoms with E-state index in [1.165, 1.54) is 25.3 Å². The first-order chi connectivity index (χ1) is 13.9. The van der Waals surface area contributed by atoms with Gasteiger partial charge in [0.1, 0.15) is 34.5 Å². The zero-order chi connectivity index (χ0) is 22.3. The first-order valence-corrected chi connectivity index (χ1v) is 12.6. The molecule has 3 rings (SSSR count). The van der Waals surface area contributed by atoms with Crippen LogP contribution in [0.25, 0.3) is 22.1 Å². The summed E-state index contributed by atoms with van der Waals surface area (Å²) in [7, 11) is -1.96. The molecule has 1 N–H and O–H groups in total. The average molecular weight is 427 g/mol. The Morgan fingerprint density at radius 2 is 1.70 bits per heavy atom. The van der Waals surface area contributed by atoms with Crippen LogP contribution in [0.4, 0.5) is 0 Å². The molecule has 2 aromatic carbocycles. The summed E-state index contributed by atoms with van der Waals surface area (Å²) < 4.78 is 16.8. The Hall–Kier alpha value is -3.06. The predicted octanol–water partition coefficient (Wildman–Crippen LogP) is 5.47. The predicted molar refractivity (Wildman–Crippen MR) is 119 cm³/mol. The van der Waals surface area contributed by atoms with E-state index in [0.717, 1.165) is 5.75 Å². The molecular formula is C23H26O6Si. The molecule has 0 atom stereocenters. The number of hydrogen-bond acceptors (Lipinski definition) is 6. The molecular weight excluding hydrogens is 400 g/mol. The maximum Gasteiger partial charge on any atom is 0.308 e. The van der Waals surface area contributed by atoms with Crippen LogP contribution in [0.5, 0.6) is 17.2 Å². The van der Waals surface area contributed by atoms with Crippen molar-refractivity contribution >= 4 is 25.3 Å². The van der Waals surface area contributed by atoms with Crippen molar-refractivity contribution in [3.8, 4) is 28.4 Å². The highest BCUT2D eigenvalue weighted by molar-refractivity contribution is 6.74. The van der Waals surface area contributed by atoms with E-state index >= 15 is 0 Å². The van der Waals surface area contributed by atoms with E-state index in [2.05, 4.69) is 33.9 Å². The van der Waals surface area contributed by atoms with Crippen molar-refractivity contribution < 1.29 is 23.5 Å². The maximum atomic E-state index is 13.0. The topological polar surface area (TPSA) is 86.0 Å². The summed E-state index contributed by atoms with van der Waals surface area (Å²) in [5, 5.41) is 10.4. The Morgan fingerprint density at radius 1 is 1.07 bits per heavy atom. The summed E-state index contributed by atoms with van der Waals surface area (Å²) in [6, 6.07) is 9.89. The Kier molecular flexibility index (Phi) is 5.51. The van der Waals surface area contributed by atoms with Crippen LogP contribution in [0.2, 0.25) is 18.1 Å². The van der Waals surface area contributed by atoms with Crippen molar-refractivity contribution in [3.05, 3.63) is 52.9 Å². The fraction of sp³-hybridized carbons (Fsp3) is 0.304. The minimum atomic E-state index is -1.96. The molecule has 0 aliphatic rings. The third-order valence-electron chi connectivity index (χ3n) is 5.44. The number of ether oxygens (including phenoxy) is 1. The standard InChI is InChI=1S/C23H26O6Si/c1-14(24)28-17-11-19(25)21-20(12-17)27-13-18(22(21)26)15-7-9-16(10-8-15)29-30(5,6)23(2,3)4/h7-13,25H,1-6H3. The molecule has 1 heterocycles. The second kappa shape index (κ2) is 7.64. The lowest BCUT2D eigenvalue weighted by molar-refractivity contribution is -0.131. The molecule has 0 saturated carbocycles. The smallest absolute Gasteiger partial charge is 0.308 e. The maximum absolute atomic E-state index is 13.0. The lowest BCUT2D eigenvalue weighted by atomic mass is 10.0. The van der Waals surface area contributed by atoms with Gasteiger partial charge in [0, 0.05) is 19.1 Å². The molecule has 0 radical (unpaired) electrons. The van der Waals surface area contributed by atoms with Gasteiger partial charge in [0.15, 0.2) is 0 Å². The van der Waals surface area contributed by atoms with Crippen LogP contribution in [-0.4, -0.2) is 19.4 Å². The number of carbonyl (C=O) groups is 1. The molecule has 0 fully saturated rings. The lowest BCUT2D eigenvalue weighted by Crippen LogP contribution is -2.43. The van der Waals surface area contributed by atoms with Crippen LogP contribution in [0.1, 0.15) is 27.7 Å². The molecule has 158 valence electrons. The first kappa shape index (κ1) is 21.6. The fourth-order valence-electron chi connectivity index (χ4n) is 2.78. The van der Waals surface area contributed by atoms with Crippen molar-refractivity contribution in [3.63, 3.8) is 0 Å². The van der Waals surface area contributed by atoms with Gasteiger partial charge in [-0.05, 0) is 35.8 Å². The average Bonchev–Trinajstić information content (AvgIpc) is 2.60. The lowest BCUT2D eigenvalue weighted by Gasteiger charge is -2.36. The molecule has 0 aliphatic heterocycles. The number of esters is 1. The zero-order valence-electron chi connectivity index (χ0n) is 18.0. The van der Waals surface area contributed by atoms with Crippen LogP contribution in [0.15, 0.2) is 51.9 Å². The summed E-state index contributed by atoms with van der Waals surface area (Å²) >= 11 is 0. The van der Waals surface area contributed by atoms with Gasteiger partial charge in [-0.25, -0.2) is 0 Å². The fourth-order valence-corrected chi connectivity index (χ4v) is 3.81. The van der Waals surface area contributed by atoms with Crippen molar-refractivity contribution in [1.29, 1.82) is 0 Å². The number of carbonyl (C=O) groups excluding carboxylic acids is 1. The van der Waals surface area contributed by atoms with Gasteiger partial charge in [-0.3, -0.25) is 9.59 Å². The summed E-state index contributed by atoms with van der Waals surface area (Å²) in [6.07, 6.45) is 1.34. The zero-order valence-corrected chi connectivity index (χ0v) is 19.0. The molecule has 30 heavy (non-hydrogen) atoms. The highest BCUT2D eigenvalue weighted by Gasteiger charge is 2.38. The Morgan fingerprint density at radius 3 is 2.27 bits per heavy atom. The number of phenols is 1. The molecule has 0 amide bonds. The molecule has 0 saturated heterocycles. The van der Waals surface area contributed by atoms with E-state index in [9.17, 15) is 14.7 Å². The quantitative estimate of drug-likeness (QED) is 0.338. The molecule has 0 spiro atoms. The van der Waals surface area contributed by atoms with Crippen molar-refractivity contribution in [2.24, 2.45) is 0 Å². The molecule has 7 heteroatoms. The van der Waals surface area contributed by atoms with Gasteiger partial charge in [0.05, 0.1) is 5.56 Å². The number of hydrogen-bond donors (Lipinski definition) is 1. The highest BCUT2D eigenvalue weighted by Crippen LogP contribution is 2.38. The minimum absolute atomic E-state index is 0.0324. The van der Waals surface area contributed by atoms with Crippen LogP contribution >= 0.6 is 0 Å². The summed E-state index contributed by atoms with van der Waals surface area (Å²) in [4.78, 5) is 24.1. The van der Waals surface area contributed by atoms with Crippen LogP contribution in [0, 0.1) is 0 Å². The number of rotatable bonds is 4. The van der Waals surface area contributed by atoms with E-state index in [0.29, 0.717) is 11.1 Å². The third-order valence-corrected chi connectivity index (χ3v) is 9.79. The number of fused-ring (bicyclic) bond motifs is 1.